The molecular weight excluding hydrogens is 245 g/mol. The van der Waals surface area contributed by atoms with Crippen molar-refractivity contribution < 1.29 is 4.79 Å². The minimum atomic E-state index is -0.220. The number of benzene rings is 2. The van der Waals surface area contributed by atoms with E-state index in [0.717, 1.165) is 11.1 Å². The Kier molecular flexibility index (Phi) is 6.29. The number of carbonyl (C=O) groups excluding carboxylic acids is 1. The van der Waals surface area contributed by atoms with E-state index in [4.69, 9.17) is 0 Å². The fraction of sp³-hybridized carbons (Fsp3) is 0.188. The van der Waals surface area contributed by atoms with Gasteiger partial charge in [-0.05, 0) is 11.1 Å². The monoisotopic (exact) mass is 263 g/mol. The van der Waals surface area contributed by atoms with Gasteiger partial charge in [-0.25, -0.2) is 0 Å². The standard InChI is InChI=1S/C16H17NO.Na.H/c1-17(2)16(18)15(13-9-5-3-6-10-13)14-11-7-4-8-12-14;;/h3-12,15H,1-2H3;;. The molecule has 0 aliphatic carbocycles. The zero-order chi connectivity index (χ0) is 13.0. The number of likely N-dealkylation sites (N-methyl/N-ethyl adjacent to an activating group) is 1. The van der Waals surface area contributed by atoms with Crippen molar-refractivity contribution in [1.29, 1.82) is 0 Å². The Morgan fingerprint density at radius 2 is 1.21 bits per heavy atom. The van der Waals surface area contributed by atoms with Gasteiger partial charge in [0.15, 0.2) is 0 Å². The average Bonchev–Trinajstić information content (AvgIpc) is 2.41. The molecule has 0 saturated carbocycles. The van der Waals surface area contributed by atoms with E-state index in [9.17, 15) is 4.79 Å². The molecule has 2 nitrogen and oxygen atoms in total. The molecule has 0 atom stereocenters. The van der Waals surface area contributed by atoms with Crippen LogP contribution in [0, 0.1) is 0 Å². The number of hydrogen-bond acceptors (Lipinski definition) is 1. The molecule has 0 N–H and O–H groups in total. The van der Waals surface area contributed by atoms with E-state index in [2.05, 4.69) is 0 Å². The molecule has 94 valence electrons. The molecule has 19 heavy (non-hydrogen) atoms. The van der Waals surface area contributed by atoms with Crippen LogP contribution in [0.25, 0.3) is 0 Å². The second-order valence-corrected chi connectivity index (χ2v) is 4.49. The Morgan fingerprint density at radius 3 is 1.53 bits per heavy atom. The van der Waals surface area contributed by atoms with Crippen molar-refractivity contribution in [3.63, 3.8) is 0 Å². The van der Waals surface area contributed by atoms with E-state index in [1.54, 1.807) is 19.0 Å². The fourth-order valence-electron chi connectivity index (χ4n) is 2.03. The zero-order valence-electron chi connectivity index (χ0n) is 10.7. The molecule has 0 heterocycles. The van der Waals surface area contributed by atoms with E-state index in [0.29, 0.717) is 0 Å². The molecule has 0 aliphatic rings. The van der Waals surface area contributed by atoms with Crippen molar-refractivity contribution in [2.45, 2.75) is 5.92 Å². The van der Waals surface area contributed by atoms with Gasteiger partial charge in [-0.3, -0.25) is 4.79 Å². The first kappa shape index (κ1) is 16.0. The number of rotatable bonds is 3. The normalized spacial score (nSPS) is 9.84. The van der Waals surface area contributed by atoms with Gasteiger partial charge in [0.05, 0.1) is 5.92 Å². The number of amides is 1. The van der Waals surface area contributed by atoms with Crippen molar-refractivity contribution in [2.75, 3.05) is 14.1 Å². The van der Waals surface area contributed by atoms with Gasteiger partial charge in [0.1, 0.15) is 0 Å². The van der Waals surface area contributed by atoms with Crippen molar-refractivity contribution in [2.24, 2.45) is 0 Å². The summed E-state index contributed by atoms with van der Waals surface area (Å²) >= 11 is 0. The van der Waals surface area contributed by atoms with Crippen LogP contribution in [0.2, 0.25) is 0 Å². The van der Waals surface area contributed by atoms with Gasteiger partial charge in [0.25, 0.3) is 0 Å². The Bertz CT molecular complexity index is 471. The summed E-state index contributed by atoms with van der Waals surface area (Å²) in [6.07, 6.45) is 0. The van der Waals surface area contributed by atoms with E-state index < -0.39 is 0 Å². The summed E-state index contributed by atoms with van der Waals surface area (Å²) in [5.41, 5.74) is 2.06. The Labute approximate surface area is 136 Å². The number of nitrogens with zero attached hydrogens (tertiary/aromatic N) is 1. The van der Waals surface area contributed by atoms with Crippen molar-refractivity contribution in [1.82, 2.24) is 4.90 Å². The van der Waals surface area contributed by atoms with Crippen LogP contribution in [0.1, 0.15) is 17.0 Å². The van der Waals surface area contributed by atoms with Crippen LogP contribution in [-0.4, -0.2) is 54.5 Å². The molecule has 0 unspecified atom stereocenters. The summed E-state index contributed by atoms with van der Waals surface area (Å²) in [4.78, 5) is 14.0. The Balaban J connectivity index is 0.00000180. The molecule has 0 fully saturated rings. The molecule has 3 heteroatoms. The fourth-order valence-corrected chi connectivity index (χ4v) is 2.03. The first-order valence-electron chi connectivity index (χ1n) is 6.01. The van der Waals surface area contributed by atoms with Crippen molar-refractivity contribution in [3.05, 3.63) is 71.8 Å². The summed E-state index contributed by atoms with van der Waals surface area (Å²) in [7, 11) is 3.59. The molecule has 0 radical (unpaired) electrons. The van der Waals surface area contributed by atoms with Crippen LogP contribution in [0.4, 0.5) is 0 Å². The van der Waals surface area contributed by atoms with E-state index in [1.165, 1.54) is 0 Å². The molecule has 0 spiro atoms. The Hall–Kier alpha value is -1.09. The number of hydrogen-bond donors (Lipinski definition) is 0. The third kappa shape index (κ3) is 3.93. The molecule has 0 bridgehead atoms. The van der Waals surface area contributed by atoms with E-state index in [1.807, 2.05) is 60.7 Å². The van der Waals surface area contributed by atoms with Crippen LogP contribution in [0.3, 0.4) is 0 Å². The predicted molar refractivity (Wildman–Crippen MR) is 80.6 cm³/mol. The topological polar surface area (TPSA) is 20.3 Å². The first-order valence-corrected chi connectivity index (χ1v) is 6.01. The number of carbonyl (C=O) groups is 1. The molecule has 0 aliphatic heterocycles. The van der Waals surface area contributed by atoms with Crippen molar-refractivity contribution >= 4 is 35.5 Å². The van der Waals surface area contributed by atoms with Gasteiger partial charge >= 0.3 is 29.6 Å². The molecular formula is C16H18NNaO. The summed E-state index contributed by atoms with van der Waals surface area (Å²) in [6, 6.07) is 19.8. The molecule has 2 rings (SSSR count). The van der Waals surface area contributed by atoms with Gasteiger partial charge in [-0.2, -0.15) is 0 Å². The first-order chi connectivity index (χ1) is 8.70. The van der Waals surface area contributed by atoms with Gasteiger partial charge in [0, 0.05) is 14.1 Å². The van der Waals surface area contributed by atoms with Crippen LogP contribution in [-0.2, 0) is 4.79 Å². The van der Waals surface area contributed by atoms with E-state index in [-0.39, 0.29) is 41.4 Å². The van der Waals surface area contributed by atoms with Gasteiger partial charge < -0.3 is 4.90 Å². The zero-order valence-corrected chi connectivity index (χ0v) is 10.7. The molecule has 2 aromatic carbocycles. The molecule has 2 aromatic rings. The van der Waals surface area contributed by atoms with Gasteiger partial charge in [0.2, 0.25) is 5.91 Å². The SMILES string of the molecule is CN(C)C(=O)C(c1ccccc1)c1ccccc1.[NaH]. The quantitative estimate of drug-likeness (QED) is 0.778. The van der Waals surface area contributed by atoms with Gasteiger partial charge in [-0.1, -0.05) is 60.7 Å². The van der Waals surface area contributed by atoms with Crippen LogP contribution < -0.4 is 0 Å². The summed E-state index contributed by atoms with van der Waals surface area (Å²) < 4.78 is 0. The van der Waals surface area contributed by atoms with E-state index >= 15 is 0 Å². The van der Waals surface area contributed by atoms with Crippen LogP contribution in [0.5, 0.6) is 0 Å². The summed E-state index contributed by atoms with van der Waals surface area (Å²) in [6.45, 7) is 0. The second-order valence-electron chi connectivity index (χ2n) is 4.49. The molecule has 0 saturated heterocycles. The average molecular weight is 263 g/mol. The maximum absolute atomic E-state index is 12.4. The third-order valence-corrected chi connectivity index (χ3v) is 2.95. The van der Waals surface area contributed by atoms with Crippen molar-refractivity contribution in [3.8, 4) is 0 Å². The maximum atomic E-state index is 12.4. The van der Waals surface area contributed by atoms with Gasteiger partial charge in [-0.15, -0.1) is 0 Å². The Morgan fingerprint density at radius 1 is 0.842 bits per heavy atom. The summed E-state index contributed by atoms with van der Waals surface area (Å²) in [5.74, 6) is -0.116. The predicted octanol–water partition coefficient (Wildman–Crippen LogP) is 2.26. The second kappa shape index (κ2) is 7.49. The third-order valence-electron chi connectivity index (χ3n) is 2.95. The summed E-state index contributed by atoms with van der Waals surface area (Å²) in [5, 5.41) is 0. The molecule has 1 amide bonds. The minimum absolute atomic E-state index is 0. The molecule has 0 aromatic heterocycles. The van der Waals surface area contributed by atoms with Crippen LogP contribution >= 0.6 is 0 Å². The van der Waals surface area contributed by atoms with Crippen LogP contribution in [0.15, 0.2) is 60.7 Å².